The van der Waals surface area contributed by atoms with Crippen LogP contribution in [0.3, 0.4) is 0 Å². The molecule has 0 spiro atoms. The summed E-state index contributed by atoms with van der Waals surface area (Å²) in [5.41, 5.74) is 0.310. The minimum atomic E-state index is -0.650. The summed E-state index contributed by atoms with van der Waals surface area (Å²) in [6.07, 6.45) is 0. The van der Waals surface area contributed by atoms with Crippen LogP contribution in [0, 0.1) is 12.7 Å². The molecule has 0 bridgehead atoms. The van der Waals surface area contributed by atoms with Crippen LogP contribution in [-0.4, -0.2) is 20.3 Å². The summed E-state index contributed by atoms with van der Waals surface area (Å²) < 4.78 is 24.4. The third-order valence-electron chi connectivity index (χ3n) is 3.97. The number of fused-ring (bicyclic) bond motifs is 1. The zero-order chi connectivity index (χ0) is 19.0. The molecule has 2 N–H and O–H groups in total. The number of nitrogens with one attached hydrogen (secondary N) is 1. The fraction of sp³-hybridized carbons (Fsp3) is 0.105. The SMILES string of the molecule is Cc1nc(-c2oc3cccc(OCc4ccc(F)cc4)c3c(=O)c2O)n[nH]1. The molecule has 0 amide bonds. The second-order valence-corrected chi connectivity index (χ2v) is 5.90. The van der Waals surface area contributed by atoms with Gasteiger partial charge in [-0.1, -0.05) is 18.2 Å². The number of benzene rings is 2. The molecule has 7 nitrogen and oxygen atoms in total. The van der Waals surface area contributed by atoms with Crippen LogP contribution >= 0.6 is 0 Å². The first kappa shape index (κ1) is 16.8. The van der Waals surface area contributed by atoms with E-state index in [1.807, 2.05) is 0 Å². The Kier molecular flexibility index (Phi) is 4.08. The van der Waals surface area contributed by atoms with Crippen molar-refractivity contribution in [2.24, 2.45) is 0 Å². The third kappa shape index (κ3) is 3.12. The van der Waals surface area contributed by atoms with Gasteiger partial charge in [0, 0.05) is 0 Å². The lowest BCUT2D eigenvalue weighted by atomic mass is 10.1. The summed E-state index contributed by atoms with van der Waals surface area (Å²) in [4.78, 5) is 16.8. The molecule has 2 aromatic carbocycles. The number of rotatable bonds is 4. The van der Waals surface area contributed by atoms with Crippen molar-refractivity contribution in [2.75, 3.05) is 0 Å². The monoisotopic (exact) mass is 367 g/mol. The Morgan fingerprint density at radius 3 is 2.70 bits per heavy atom. The molecule has 136 valence electrons. The van der Waals surface area contributed by atoms with Crippen LogP contribution in [0.2, 0.25) is 0 Å². The van der Waals surface area contributed by atoms with Crippen molar-refractivity contribution in [3.8, 4) is 23.1 Å². The van der Waals surface area contributed by atoms with Gasteiger partial charge in [-0.05, 0) is 36.8 Å². The number of halogens is 1. The molecular formula is C19H14FN3O4. The van der Waals surface area contributed by atoms with Gasteiger partial charge in [0.15, 0.2) is 0 Å². The van der Waals surface area contributed by atoms with Crippen molar-refractivity contribution in [3.05, 3.63) is 69.9 Å². The standard InChI is InChI=1S/C19H14FN3O4/c1-10-21-19(23-22-10)18-17(25)16(24)15-13(3-2-4-14(15)27-18)26-9-11-5-7-12(20)8-6-11/h2-8,25H,9H2,1H3,(H,21,22,23). The van der Waals surface area contributed by atoms with Crippen LogP contribution in [0.1, 0.15) is 11.4 Å². The van der Waals surface area contributed by atoms with E-state index in [9.17, 15) is 14.3 Å². The Labute approximate surface area is 152 Å². The molecule has 0 aliphatic carbocycles. The molecule has 0 unspecified atom stereocenters. The molecule has 0 saturated heterocycles. The molecule has 2 aromatic heterocycles. The highest BCUT2D eigenvalue weighted by Crippen LogP contribution is 2.31. The summed E-state index contributed by atoms with van der Waals surface area (Å²) >= 11 is 0. The van der Waals surface area contributed by atoms with E-state index in [0.717, 1.165) is 5.56 Å². The summed E-state index contributed by atoms with van der Waals surface area (Å²) in [5, 5.41) is 16.9. The van der Waals surface area contributed by atoms with Gasteiger partial charge in [0.25, 0.3) is 0 Å². The summed E-state index contributed by atoms with van der Waals surface area (Å²) in [7, 11) is 0. The van der Waals surface area contributed by atoms with Crippen LogP contribution in [0.25, 0.3) is 22.6 Å². The molecule has 0 atom stereocenters. The number of hydrogen-bond donors (Lipinski definition) is 2. The molecular weight excluding hydrogens is 353 g/mol. The maximum absolute atomic E-state index is 13.0. The van der Waals surface area contributed by atoms with E-state index in [4.69, 9.17) is 9.15 Å². The highest BCUT2D eigenvalue weighted by molar-refractivity contribution is 5.86. The number of nitrogens with zero attached hydrogens (tertiary/aromatic N) is 2. The van der Waals surface area contributed by atoms with Crippen LogP contribution in [0.4, 0.5) is 4.39 Å². The van der Waals surface area contributed by atoms with Crippen molar-refractivity contribution in [1.29, 1.82) is 0 Å². The largest absolute Gasteiger partial charge is 0.501 e. The average molecular weight is 367 g/mol. The predicted octanol–water partition coefficient (Wildman–Crippen LogP) is 3.31. The van der Waals surface area contributed by atoms with Crippen LogP contribution < -0.4 is 10.2 Å². The Morgan fingerprint density at radius 2 is 2.00 bits per heavy atom. The van der Waals surface area contributed by atoms with E-state index in [-0.39, 0.29) is 40.7 Å². The minimum absolute atomic E-state index is 0.0848. The zero-order valence-electron chi connectivity index (χ0n) is 14.2. The second-order valence-electron chi connectivity index (χ2n) is 5.90. The van der Waals surface area contributed by atoms with Gasteiger partial charge in [-0.2, -0.15) is 0 Å². The molecule has 2 heterocycles. The third-order valence-corrected chi connectivity index (χ3v) is 3.97. The molecule has 4 rings (SSSR count). The van der Waals surface area contributed by atoms with Crippen LogP contribution in [0.15, 0.2) is 51.7 Å². The quantitative estimate of drug-likeness (QED) is 0.574. The molecule has 27 heavy (non-hydrogen) atoms. The van der Waals surface area contributed by atoms with Gasteiger partial charge in [0.1, 0.15) is 35.0 Å². The summed E-state index contributed by atoms with van der Waals surface area (Å²) in [6.45, 7) is 1.82. The Bertz CT molecular complexity index is 1180. The van der Waals surface area contributed by atoms with E-state index in [1.165, 1.54) is 12.1 Å². The van der Waals surface area contributed by atoms with E-state index in [2.05, 4.69) is 15.2 Å². The maximum Gasteiger partial charge on any atom is 0.238 e. The fourth-order valence-electron chi connectivity index (χ4n) is 2.66. The summed E-state index contributed by atoms with van der Waals surface area (Å²) in [6, 6.07) is 10.7. The Hall–Kier alpha value is -3.68. The smallest absolute Gasteiger partial charge is 0.238 e. The number of aryl methyl sites for hydroxylation is 1. The average Bonchev–Trinajstić information content (AvgIpc) is 3.10. The van der Waals surface area contributed by atoms with E-state index in [1.54, 1.807) is 37.3 Å². The lowest BCUT2D eigenvalue weighted by molar-refractivity contribution is 0.309. The highest BCUT2D eigenvalue weighted by atomic mass is 19.1. The number of ether oxygens (including phenoxy) is 1. The predicted molar refractivity (Wildman–Crippen MR) is 95.0 cm³/mol. The molecule has 0 fully saturated rings. The first-order valence-corrected chi connectivity index (χ1v) is 8.08. The van der Waals surface area contributed by atoms with Crippen molar-refractivity contribution in [1.82, 2.24) is 15.2 Å². The molecule has 0 saturated carbocycles. The van der Waals surface area contributed by atoms with Crippen molar-refractivity contribution in [3.63, 3.8) is 0 Å². The first-order chi connectivity index (χ1) is 13.0. The number of aromatic nitrogens is 3. The molecule has 0 aliphatic heterocycles. The Morgan fingerprint density at radius 1 is 1.22 bits per heavy atom. The lowest BCUT2D eigenvalue weighted by Crippen LogP contribution is -2.06. The molecule has 4 aromatic rings. The van der Waals surface area contributed by atoms with Crippen LogP contribution in [0.5, 0.6) is 11.5 Å². The Balaban J connectivity index is 1.75. The topological polar surface area (TPSA) is 101 Å². The maximum atomic E-state index is 13.0. The van der Waals surface area contributed by atoms with Gasteiger partial charge < -0.3 is 14.3 Å². The van der Waals surface area contributed by atoms with Gasteiger partial charge in [-0.3, -0.25) is 9.89 Å². The molecule has 8 heteroatoms. The van der Waals surface area contributed by atoms with Crippen molar-refractivity contribution < 1.29 is 18.7 Å². The second kappa shape index (κ2) is 6.56. The number of aromatic hydroxyl groups is 1. The van der Waals surface area contributed by atoms with Gasteiger partial charge in [0.2, 0.25) is 22.8 Å². The zero-order valence-corrected chi connectivity index (χ0v) is 14.2. The number of aromatic amines is 1. The van der Waals surface area contributed by atoms with Crippen LogP contribution in [-0.2, 0) is 6.61 Å². The van der Waals surface area contributed by atoms with Gasteiger partial charge in [0.05, 0.1) is 0 Å². The first-order valence-electron chi connectivity index (χ1n) is 8.08. The van der Waals surface area contributed by atoms with E-state index < -0.39 is 11.2 Å². The van der Waals surface area contributed by atoms with Crippen molar-refractivity contribution in [2.45, 2.75) is 13.5 Å². The fourth-order valence-corrected chi connectivity index (χ4v) is 2.66. The summed E-state index contributed by atoms with van der Waals surface area (Å²) in [5.74, 6) is -0.208. The highest BCUT2D eigenvalue weighted by Gasteiger charge is 2.20. The molecule has 0 radical (unpaired) electrons. The van der Waals surface area contributed by atoms with E-state index >= 15 is 0 Å². The number of H-pyrrole nitrogens is 1. The number of hydrogen-bond acceptors (Lipinski definition) is 6. The molecule has 0 aliphatic rings. The van der Waals surface area contributed by atoms with Gasteiger partial charge >= 0.3 is 0 Å². The minimum Gasteiger partial charge on any atom is -0.501 e. The normalized spacial score (nSPS) is 11.0. The lowest BCUT2D eigenvalue weighted by Gasteiger charge is -2.10. The van der Waals surface area contributed by atoms with Crippen molar-refractivity contribution >= 4 is 11.0 Å². The van der Waals surface area contributed by atoms with E-state index in [0.29, 0.717) is 5.82 Å². The van der Waals surface area contributed by atoms with Gasteiger partial charge in [-0.15, -0.1) is 5.10 Å². The van der Waals surface area contributed by atoms with Gasteiger partial charge in [-0.25, -0.2) is 9.37 Å².